The van der Waals surface area contributed by atoms with Crippen LogP contribution in [-0.4, -0.2) is 51.5 Å². The number of ether oxygens (including phenoxy) is 1. The predicted molar refractivity (Wildman–Crippen MR) is 220 cm³/mol. The number of benzene rings is 3. The minimum absolute atomic E-state index is 0.137. The summed E-state index contributed by atoms with van der Waals surface area (Å²) in [6, 6.07) is 26.1. The minimum atomic E-state index is -1.21. The Morgan fingerprint density at radius 2 is 1.44 bits per heavy atom. The molecule has 5 aromatic rings. The molecular weight excluding hydrogens is 709 g/mol. The van der Waals surface area contributed by atoms with Crippen molar-refractivity contribution in [2.45, 2.75) is 96.6 Å². The molecule has 0 saturated heterocycles. The Hall–Kier alpha value is -5.35. The van der Waals surface area contributed by atoms with Crippen molar-refractivity contribution in [2.24, 2.45) is 0 Å². The first kappa shape index (κ1) is 40.8. The summed E-state index contributed by atoms with van der Waals surface area (Å²) in [4.78, 5) is 50.5. The quantitative estimate of drug-likeness (QED) is 0.0760. The van der Waals surface area contributed by atoms with E-state index in [9.17, 15) is 19.5 Å². The number of hydrogen-bond acceptors (Lipinski definition) is 7. The molecule has 0 saturated carbocycles. The van der Waals surface area contributed by atoms with Gasteiger partial charge >= 0.3 is 5.97 Å². The first-order valence-corrected chi connectivity index (χ1v) is 19.9. The normalized spacial score (nSPS) is 13.0. The first-order valence-electron chi connectivity index (χ1n) is 19.1. The van der Waals surface area contributed by atoms with Crippen LogP contribution in [0.1, 0.15) is 98.3 Å². The van der Waals surface area contributed by atoms with Crippen molar-refractivity contribution >= 4 is 29.1 Å². The van der Waals surface area contributed by atoms with E-state index >= 15 is 0 Å². The number of carboxylic acids is 1. The topological polar surface area (TPSA) is 131 Å². The molecule has 2 aromatic heterocycles. The molecule has 0 aliphatic heterocycles. The van der Waals surface area contributed by atoms with Crippen LogP contribution in [0.15, 0.2) is 103 Å². The van der Waals surface area contributed by atoms with Crippen LogP contribution in [0.25, 0.3) is 22.5 Å². The van der Waals surface area contributed by atoms with Crippen molar-refractivity contribution in [3.05, 3.63) is 124 Å². The molecule has 0 radical (unpaired) electrons. The third-order valence-corrected chi connectivity index (χ3v) is 11.1. The third-order valence-electron chi connectivity index (χ3n) is 9.59. The number of amides is 2. The van der Waals surface area contributed by atoms with Gasteiger partial charge in [0.2, 0.25) is 5.91 Å². The van der Waals surface area contributed by atoms with Crippen LogP contribution >= 0.6 is 11.3 Å². The van der Waals surface area contributed by atoms with E-state index < -0.39 is 35.8 Å². The van der Waals surface area contributed by atoms with E-state index in [4.69, 9.17) is 4.74 Å². The first-order chi connectivity index (χ1) is 26.4. The molecule has 0 spiro atoms. The highest BCUT2D eigenvalue weighted by atomic mass is 32.1. The molecule has 3 N–H and O–H groups in total. The fraction of sp³-hybridized carbons (Fsp3) is 0.356. The van der Waals surface area contributed by atoms with Gasteiger partial charge in [0.05, 0.1) is 11.5 Å². The van der Waals surface area contributed by atoms with E-state index in [2.05, 4.69) is 48.3 Å². The van der Waals surface area contributed by atoms with Gasteiger partial charge < -0.3 is 20.5 Å². The van der Waals surface area contributed by atoms with Crippen molar-refractivity contribution in [1.29, 1.82) is 0 Å². The van der Waals surface area contributed by atoms with Gasteiger partial charge in [-0.3, -0.25) is 9.59 Å². The lowest BCUT2D eigenvalue weighted by Gasteiger charge is -2.25. The molecule has 2 amide bonds. The Morgan fingerprint density at radius 3 is 2.05 bits per heavy atom. The lowest BCUT2D eigenvalue weighted by molar-refractivity contribution is -0.142. The zero-order chi connectivity index (χ0) is 39.4. The summed E-state index contributed by atoms with van der Waals surface area (Å²) in [6.07, 6.45) is 9.71. The number of aromatic nitrogens is 2. The second-order valence-electron chi connectivity index (χ2n) is 14.9. The number of nitrogens with one attached hydrogen (secondary N) is 2. The Morgan fingerprint density at radius 1 is 0.782 bits per heavy atom. The van der Waals surface area contributed by atoms with E-state index in [0.29, 0.717) is 10.7 Å². The minimum Gasteiger partial charge on any atom is -0.494 e. The number of rotatable bonds is 18. The van der Waals surface area contributed by atoms with Crippen molar-refractivity contribution in [2.75, 3.05) is 6.61 Å². The summed E-state index contributed by atoms with van der Waals surface area (Å²) in [6.45, 7) is 10.9. The Bertz CT molecular complexity index is 1990. The molecule has 0 aliphatic carbocycles. The molecule has 0 aliphatic rings. The molecule has 9 nitrogen and oxygen atoms in total. The highest BCUT2D eigenvalue weighted by Crippen LogP contribution is 2.30. The van der Waals surface area contributed by atoms with Crippen molar-refractivity contribution in [3.8, 4) is 28.3 Å². The summed E-state index contributed by atoms with van der Waals surface area (Å²) in [5, 5.41) is 15.7. The van der Waals surface area contributed by atoms with Gasteiger partial charge in [-0.25, -0.2) is 14.8 Å². The van der Waals surface area contributed by atoms with Crippen LogP contribution in [0.4, 0.5) is 0 Å². The SMILES string of the molecule is CCCCCCCOc1ccc(-c2cnc(-c3ccc(C[C@H](NC(=O)c4ccc(C(C)(C)C)s4)C(=O)N[C@@H](C(=O)O)[C@H](C)c4ccccc4)cc3)nc2)cc1. The molecule has 3 aromatic carbocycles. The second-order valence-corrected chi connectivity index (χ2v) is 16.0. The Balaban J connectivity index is 1.27. The van der Waals surface area contributed by atoms with Crippen molar-refractivity contribution in [1.82, 2.24) is 20.6 Å². The second kappa shape index (κ2) is 19.3. The molecule has 55 heavy (non-hydrogen) atoms. The number of carbonyl (C=O) groups is 3. The standard InChI is InChI=1S/C45H52N4O5S/c1-6-7-8-9-13-26-54-36-22-20-33(21-23-36)35-28-46-41(47-29-35)34-18-16-31(17-19-34)27-37(48-43(51)38-24-25-39(55-38)45(3,4)5)42(50)49-40(44(52)53)30(2)32-14-11-10-12-15-32/h10-12,14-25,28-30,37,40H,6-9,13,26-27H2,1-5H3,(H,48,51)(H,49,50)(H,52,53)/t30-,37+,40-/m1/s1. The molecule has 0 unspecified atom stereocenters. The van der Waals surface area contributed by atoms with E-state index in [1.807, 2.05) is 84.9 Å². The molecule has 3 atom stereocenters. The summed E-state index contributed by atoms with van der Waals surface area (Å²) in [5.41, 5.74) is 4.08. The van der Waals surface area contributed by atoms with E-state index in [-0.39, 0.29) is 11.8 Å². The highest BCUT2D eigenvalue weighted by molar-refractivity contribution is 7.14. The van der Waals surface area contributed by atoms with Gasteiger partial charge in [0.1, 0.15) is 17.8 Å². The van der Waals surface area contributed by atoms with Gasteiger partial charge in [-0.2, -0.15) is 0 Å². The summed E-state index contributed by atoms with van der Waals surface area (Å²) in [5.74, 6) is -1.25. The van der Waals surface area contributed by atoms with Crippen LogP contribution in [0, 0.1) is 0 Å². The van der Waals surface area contributed by atoms with Gasteiger partial charge in [0.25, 0.3) is 5.91 Å². The maximum absolute atomic E-state index is 13.9. The number of thiophene rings is 1. The van der Waals surface area contributed by atoms with Gasteiger partial charge in [-0.05, 0) is 52.8 Å². The van der Waals surface area contributed by atoms with Gasteiger partial charge in [-0.15, -0.1) is 11.3 Å². The van der Waals surface area contributed by atoms with Gasteiger partial charge in [-0.1, -0.05) is 127 Å². The van der Waals surface area contributed by atoms with E-state index in [0.717, 1.165) is 51.5 Å². The molecule has 288 valence electrons. The van der Waals surface area contributed by atoms with Crippen LogP contribution < -0.4 is 15.4 Å². The fourth-order valence-electron chi connectivity index (χ4n) is 6.20. The number of nitrogens with zero attached hydrogens (tertiary/aromatic N) is 2. The fourth-order valence-corrected chi connectivity index (χ4v) is 7.16. The smallest absolute Gasteiger partial charge is 0.326 e. The highest BCUT2D eigenvalue weighted by Gasteiger charge is 2.32. The molecular formula is C45H52N4O5S. The largest absolute Gasteiger partial charge is 0.494 e. The lowest BCUT2D eigenvalue weighted by Crippen LogP contribution is -2.53. The van der Waals surface area contributed by atoms with Crippen LogP contribution in [0.3, 0.4) is 0 Å². The summed E-state index contributed by atoms with van der Waals surface area (Å²) >= 11 is 1.38. The van der Waals surface area contributed by atoms with E-state index in [1.165, 1.54) is 37.0 Å². The molecule has 0 bridgehead atoms. The van der Waals surface area contributed by atoms with Crippen molar-refractivity contribution < 1.29 is 24.2 Å². The number of carbonyl (C=O) groups excluding carboxylic acids is 2. The number of carboxylic acid groups (broad SMARTS) is 1. The number of aliphatic carboxylic acids is 1. The zero-order valence-electron chi connectivity index (χ0n) is 32.4. The number of hydrogen-bond donors (Lipinski definition) is 3. The summed E-state index contributed by atoms with van der Waals surface area (Å²) in [7, 11) is 0. The van der Waals surface area contributed by atoms with Gasteiger partial charge in [0, 0.05) is 40.7 Å². The Labute approximate surface area is 328 Å². The number of unbranched alkanes of at least 4 members (excludes halogenated alkanes) is 4. The van der Waals surface area contributed by atoms with E-state index in [1.54, 1.807) is 25.4 Å². The average Bonchev–Trinajstić information content (AvgIpc) is 3.71. The third kappa shape index (κ3) is 11.6. The van der Waals surface area contributed by atoms with Gasteiger partial charge in [0.15, 0.2) is 5.82 Å². The van der Waals surface area contributed by atoms with Crippen LogP contribution in [0.5, 0.6) is 5.75 Å². The maximum Gasteiger partial charge on any atom is 0.326 e. The Kier molecular flexibility index (Phi) is 14.3. The predicted octanol–water partition coefficient (Wildman–Crippen LogP) is 9.23. The molecule has 0 fully saturated rings. The molecule has 10 heteroatoms. The molecule has 2 heterocycles. The van der Waals surface area contributed by atoms with Crippen LogP contribution in [-0.2, 0) is 21.4 Å². The maximum atomic E-state index is 13.9. The van der Waals surface area contributed by atoms with Crippen molar-refractivity contribution in [3.63, 3.8) is 0 Å². The zero-order valence-corrected chi connectivity index (χ0v) is 33.2. The average molecular weight is 761 g/mol. The summed E-state index contributed by atoms with van der Waals surface area (Å²) < 4.78 is 5.91. The molecule has 5 rings (SSSR count). The monoisotopic (exact) mass is 760 g/mol. The van der Waals surface area contributed by atoms with Crippen LogP contribution in [0.2, 0.25) is 0 Å². The lowest BCUT2D eigenvalue weighted by atomic mass is 9.92.